The lowest BCUT2D eigenvalue weighted by Gasteiger charge is -2.51. The standard InChI is InChI=1S/C28H40N4O4/c1-29(2)26(33)31-17-20-5-3-4-6-25(20)28(19-31)10-12-30(13-11-28)23-15-21-7-8-22(16-23)32(21)27(34)36-24-9-14-35-18-24/h3-6,21-24H,7-19H2,1-2H3/t21-,22+,23?,24-/m1/s1. The zero-order valence-corrected chi connectivity index (χ0v) is 21.7. The van der Waals surface area contributed by atoms with Crippen LogP contribution >= 0.6 is 0 Å². The molecule has 196 valence electrons. The van der Waals surface area contributed by atoms with E-state index in [-0.39, 0.29) is 23.6 Å². The van der Waals surface area contributed by atoms with Crippen LogP contribution in [0.2, 0.25) is 0 Å². The van der Waals surface area contributed by atoms with Gasteiger partial charge in [0, 0.05) is 57.1 Å². The smallest absolute Gasteiger partial charge is 0.410 e. The van der Waals surface area contributed by atoms with Crippen LogP contribution in [0.4, 0.5) is 9.59 Å². The highest BCUT2D eigenvalue weighted by Gasteiger charge is 2.49. The molecule has 3 amide bonds. The topological polar surface area (TPSA) is 65.6 Å². The lowest BCUT2D eigenvalue weighted by Crippen LogP contribution is -2.58. The minimum Gasteiger partial charge on any atom is -0.444 e. The summed E-state index contributed by atoms with van der Waals surface area (Å²) >= 11 is 0. The highest BCUT2D eigenvalue weighted by molar-refractivity contribution is 5.74. The Morgan fingerprint density at radius 1 is 1.03 bits per heavy atom. The molecule has 2 bridgehead atoms. The Bertz CT molecular complexity index is 972. The van der Waals surface area contributed by atoms with Crippen LogP contribution in [-0.2, 0) is 21.4 Å². The fraction of sp³-hybridized carbons (Fsp3) is 0.714. The van der Waals surface area contributed by atoms with Gasteiger partial charge in [-0.05, 0) is 62.7 Å². The number of piperidine rings is 2. The number of carbonyl (C=O) groups is 2. The third-order valence-electron chi connectivity index (χ3n) is 9.44. The fourth-order valence-corrected chi connectivity index (χ4v) is 7.60. The molecule has 1 spiro atoms. The maximum absolute atomic E-state index is 12.9. The van der Waals surface area contributed by atoms with Crippen molar-refractivity contribution >= 4 is 12.1 Å². The number of hydrogen-bond donors (Lipinski definition) is 0. The van der Waals surface area contributed by atoms with E-state index < -0.39 is 0 Å². The van der Waals surface area contributed by atoms with E-state index in [2.05, 4.69) is 34.1 Å². The molecule has 4 saturated heterocycles. The van der Waals surface area contributed by atoms with Gasteiger partial charge in [0.05, 0.1) is 13.2 Å². The van der Waals surface area contributed by atoms with Crippen molar-refractivity contribution in [2.45, 2.75) is 81.1 Å². The van der Waals surface area contributed by atoms with Gasteiger partial charge < -0.3 is 29.1 Å². The molecule has 0 N–H and O–H groups in total. The second kappa shape index (κ2) is 9.53. The van der Waals surface area contributed by atoms with Gasteiger partial charge in [-0.15, -0.1) is 0 Å². The van der Waals surface area contributed by atoms with Gasteiger partial charge in [0.1, 0.15) is 6.10 Å². The fourth-order valence-electron chi connectivity index (χ4n) is 7.60. The molecule has 36 heavy (non-hydrogen) atoms. The average molecular weight is 497 g/mol. The van der Waals surface area contributed by atoms with Crippen molar-refractivity contribution in [1.82, 2.24) is 19.6 Å². The van der Waals surface area contributed by atoms with Gasteiger partial charge in [-0.1, -0.05) is 24.3 Å². The quantitative estimate of drug-likeness (QED) is 0.628. The van der Waals surface area contributed by atoms with Crippen LogP contribution in [0.15, 0.2) is 24.3 Å². The van der Waals surface area contributed by atoms with E-state index in [1.807, 2.05) is 19.0 Å². The Hall–Kier alpha value is -2.32. The highest BCUT2D eigenvalue weighted by Crippen LogP contribution is 2.44. The Kier molecular flexibility index (Phi) is 6.36. The van der Waals surface area contributed by atoms with Crippen molar-refractivity contribution < 1.29 is 19.1 Å². The molecule has 5 heterocycles. The van der Waals surface area contributed by atoms with Crippen LogP contribution in [0.1, 0.15) is 56.1 Å². The van der Waals surface area contributed by atoms with Crippen LogP contribution in [0.5, 0.6) is 0 Å². The normalized spacial score (nSPS) is 31.4. The number of fused-ring (bicyclic) bond motifs is 4. The third-order valence-corrected chi connectivity index (χ3v) is 9.44. The molecule has 0 aliphatic carbocycles. The molecule has 6 rings (SSSR count). The summed E-state index contributed by atoms with van der Waals surface area (Å²) in [5.41, 5.74) is 2.77. The van der Waals surface area contributed by atoms with E-state index in [1.54, 1.807) is 4.90 Å². The van der Waals surface area contributed by atoms with Crippen molar-refractivity contribution in [2.24, 2.45) is 0 Å². The molecule has 4 atom stereocenters. The molecule has 1 unspecified atom stereocenters. The number of amides is 3. The summed E-state index contributed by atoms with van der Waals surface area (Å²) in [5, 5.41) is 0. The molecule has 5 aliphatic rings. The second-order valence-corrected chi connectivity index (χ2v) is 11.8. The third kappa shape index (κ3) is 4.26. The predicted molar refractivity (Wildman–Crippen MR) is 136 cm³/mol. The van der Waals surface area contributed by atoms with Crippen LogP contribution in [0.3, 0.4) is 0 Å². The lowest BCUT2D eigenvalue weighted by molar-refractivity contribution is 0.00625. The van der Waals surface area contributed by atoms with Crippen LogP contribution in [0.25, 0.3) is 0 Å². The minimum absolute atomic E-state index is 0.0316. The first kappa shape index (κ1) is 24.0. The van der Waals surface area contributed by atoms with E-state index in [9.17, 15) is 9.59 Å². The first-order valence-corrected chi connectivity index (χ1v) is 13.8. The highest BCUT2D eigenvalue weighted by atomic mass is 16.6. The molecule has 0 saturated carbocycles. The number of hydrogen-bond acceptors (Lipinski definition) is 5. The monoisotopic (exact) mass is 496 g/mol. The van der Waals surface area contributed by atoms with Crippen molar-refractivity contribution in [3.8, 4) is 0 Å². The van der Waals surface area contributed by atoms with E-state index in [1.165, 1.54) is 11.1 Å². The van der Waals surface area contributed by atoms with Crippen molar-refractivity contribution in [3.05, 3.63) is 35.4 Å². The molecule has 5 aliphatic heterocycles. The maximum atomic E-state index is 12.9. The van der Waals surface area contributed by atoms with Gasteiger partial charge in [0.2, 0.25) is 0 Å². The molecule has 8 nitrogen and oxygen atoms in total. The summed E-state index contributed by atoms with van der Waals surface area (Å²) in [6.07, 6.45) is 7.01. The van der Waals surface area contributed by atoms with E-state index in [0.29, 0.717) is 37.9 Å². The largest absolute Gasteiger partial charge is 0.444 e. The average Bonchev–Trinajstić information content (AvgIpc) is 3.49. The van der Waals surface area contributed by atoms with Crippen molar-refractivity contribution in [3.63, 3.8) is 0 Å². The zero-order valence-electron chi connectivity index (χ0n) is 21.7. The number of urea groups is 1. The molecule has 1 aromatic carbocycles. The van der Waals surface area contributed by atoms with E-state index in [0.717, 1.165) is 64.6 Å². The maximum Gasteiger partial charge on any atom is 0.410 e. The number of nitrogens with zero attached hydrogens (tertiary/aromatic N) is 4. The number of rotatable bonds is 2. The Morgan fingerprint density at radius 2 is 1.75 bits per heavy atom. The Morgan fingerprint density at radius 3 is 2.42 bits per heavy atom. The van der Waals surface area contributed by atoms with Gasteiger partial charge in [0.15, 0.2) is 0 Å². The summed E-state index contributed by atoms with van der Waals surface area (Å²) in [6.45, 7) is 4.82. The Balaban J connectivity index is 1.12. The molecule has 4 fully saturated rings. The molecule has 8 heteroatoms. The van der Waals surface area contributed by atoms with Crippen LogP contribution in [-0.4, -0.2) is 103 Å². The number of benzene rings is 1. The van der Waals surface area contributed by atoms with Gasteiger partial charge in [0.25, 0.3) is 0 Å². The van der Waals surface area contributed by atoms with E-state index in [4.69, 9.17) is 9.47 Å². The lowest BCUT2D eigenvalue weighted by atomic mass is 9.68. The van der Waals surface area contributed by atoms with Gasteiger partial charge in [-0.25, -0.2) is 9.59 Å². The van der Waals surface area contributed by atoms with Gasteiger partial charge in [-0.2, -0.15) is 0 Å². The van der Waals surface area contributed by atoms with E-state index >= 15 is 0 Å². The number of likely N-dealkylation sites (tertiary alicyclic amines) is 1. The SMILES string of the molecule is CN(C)C(=O)N1Cc2ccccc2C2(CCN(C3C[C@H]4CC[C@@H](C3)N4C(=O)O[C@@H]3CCOC3)CC2)C1. The Labute approximate surface area is 214 Å². The molecule has 1 aromatic rings. The number of ether oxygens (including phenoxy) is 2. The zero-order chi connectivity index (χ0) is 24.9. The predicted octanol–water partition coefficient (Wildman–Crippen LogP) is 3.44. The minimum atomic E-state index is -0.126. The van der Waals surface area contributed by atoms with Crippen LogP contribution < -0.4 is 0 Å². The van der Waals surface area contributed by atoms with Gasteiger partial charge in [-0.3, -0.25) is 0 Å². The summed E-state index contributed by atoms with van der Waals surface area (Å²) in [5.74, 6) is 0. The molecular weight excluding hydrogens is 456 g/mol. The van der Waals surface area contributed by atoms with Crippen molar-refractivity contribution in [2.75, 3.05) is 46.9 Å². The molecular formula is C28H40N4O4. The van der Waals surface area contributed by atoms with Gasteiger partial charge >= 0.3 is 12.1 Å². The summed E-state index contributed by atoms with van der Waals surface area (Å²) in [6, 6.07) is 9.96. The van der Waals surface area contributed by atoms with Crippen LogP contribution in [0, 0.1) is 0 Å². The first-order valence-electron chi connectivity index (χ1n) is 13.8. The first-order chi connectivity index (χ1) is 17.4. The molecule has 0 aromatic heterocycles. The van der Waals surface area contributed by atoms with Crippen molar-refractivity contribution in [1.29, 1.82) is 0 Å². The summed E-state index contributed by atoms with van der Waals surface area (Å²) in [7, 11) is 3.69. The number of carbonyl (C=O) groups excluding carboxylic acids is 2. The molecule has 0 radical (unpaired) electrons. The summed E-state index contributed by atoms with van der Waals surface area (Å²) in [4.78, 5) is 34.3. The summed E-state index contributed by atoms with van der Waals surface area (Å²) < 4.78 is 11.2. The second-order valence-electron chi connectivity index (χ2n) is 11.8.